The van der Waals surface area contributed by atoms with Crippen molar-refractivity contribution in [3.63, 3.8) is 0 Å². The van der Waals surface area contributed by atoms with Crippen LogP contribution in [0.2, 0.25) is 0 Å². The van der Waals surface area contributed by atoms with Gasteiger partial charge in [0.2, 0.25) is 0 Å². The van der Waals surface area contributed by atoms with Crippen LogP contribution in [0.25, 0.3) is 11.3 Å². The van der Waals surface area contributed by atoms with E-state index in [2.05, 4.69) is 21.5 Å². The molecule has 2 N–H and O–H groups in total. The van der Waals surface area contributed by atoms with Crippen LogP contribution in [-0.2, 0) is 4.74 Å². The standard InChI is InChI=1S/C23H27F2N5O2/c1-23(10-31-11-23)9-30-7-14-15(8-30)19(14)17-5-16(28-21(29-17)12-2-3-12)13-4-18(32-22(24)25)20(26)27-6-13/h4-6,12,14-15,19,22H,2-3,7-11H2,1H3,(H2,26,27). The number of pyridine rings is 1. The second-order valence-corrected chi connectivity index (χ2v) is 10.1. The predicted molar refractivity (Wildman–Crippen MR) is 113 cm³/mol. The lowest BCUT2D eigenvalue weighted by atomic mass is 9.88. The largest absolute Gasteiger partial charge is 0.431 e. The van der Waals surface area contributed by atoms with Gasteiger partial charge in [0, 0.05) is 54.3 Å². The molecule has 2 unspecified atom stereocenters. The van der Waals surface area contributed by atoms with Crippen LogP contribution < -0.4 is 10.5 Å². The smallest absolute Gasteiger partial charge is 0.387 e. The van der Waals surface area contributed by atoms with E-state index in [4.69, 9.17) is 20.4 Å². The molecule has 2 saturated heterocycles. The summed E-state index contributed by atoms with van der Waals surface area (Å²) in [5.41, 5.74) is 8.39. The zero-order valence-electron chi connectivity index (χ0n) is 18.0. The first-order valence-electron chi connectivity index (χ1n) is 11.3. The van der Waals surface area contributed by atoms with E-state index in [0.29, 0.717) is 40.3 Å². The molecule has 2 aliphatic heterocycles. The van der Waals surface area contributed by atoms with Crippen molar-refractivity contribution in [3.8, 4) is 17.0 Å². The third-order valence-electron chi connectivity index (χ3n) is 7.22. The van der Waals surface area contributed by atoms with Crippen molar-refractivity contribution in [2.24, 2.45) is 17.3 Å². The molecule has 9 heteroatoms. The molecule has 6 rings (SSSR count). The number of hydrogen-bond donors (Lipinski definition) is 1. The van der Waals surface area contributed by atoms with Crippen LogP contribution >= 0.6 is 0 Å². The molecule has 4 aliphatic rings. The molecule has 0 amide bonds. The molecule has 32 heavy (non-hydrogen) atoms. The molecule has 7 nitrogen and oxygen atoms in total. The molecule has 2 aromatic heterocycles. The van der Waals surface area contributed by atoms with Crippen LogP contribution in [0.15, 0.2) is 18.3 Å². The molecule has 4 fully saturated rings. The number of alkyl halides is 2. The highest BCUT2D eigenvalue weighted by atomic mass is 19.3. The summed E-state index contributed by atoms with van der Waals surface area (Å²) in [4.78, 5) is 16.3. The van der Waals surface area contributed by atoms with Gasteiger partial charge in [0.1, 0.15) is 5.82 Å². The first kappa shape index (κ1) is 20.2. The van der Waals surface area contributed by atoms with Gasteiger partial charge in [-0.15, -0.1) is 0 Å². The number of anilines is 1. The Hall–Kier alpha value is -2.39. The van der Waals surface area contributed by atoms with Crippen molar-refractivity contribution < 1.29 is 18.3 Å². The second-order valence-electron chi connectivity index (χ2n) is 10.1. The number of nitrogens with two attached hydrogens (primary N) is 1. The number of hydrogen-bond acceptors (Lipinski definition) is 7. The van der Waals surface area contributed by atoms with Gasteiger partial charge < -0.3 is 20.1 Å². The molecule has 2 atom stereocenters. The van der Waals surface area contributed by atoms with Crippen LogP contribution in [0.4, 0.5) is 14.6 Å². The van der Waals surface area contributed by atoms with Crippen molar-refractivity contribution in [1.82, 2.24) is 19.9 Å². The summed E-state index contributed by atoms with van der Waals surface area (Å²) < 4.78 is 35.4. The van der Waals surface area contributed by atoms with Crippen LogP contribution in [-0.4, -0.2) is 59.3 Å². The minimum absolute atomic E-state index is 0.0619. The maximum Gasteiger partial charge on any atom is 0.387 e. The molecule has 0 radical (unpaired) electrons. The Balaban J connectivity index is 1.24. The first-order chi connectivity index (χ1) is 15.4. The van der Waals surface area contributed by atoms with Crippen molar-refractivity contribution in [2.45, 2.75) is 38.2 Å². The van der Waals surface area contributed by atoms with E-state index in [1.54, 1.807) is 6.20 Å². The number of aromatic nitrogens is 3. The predicted octanol–water partition coefficient (Wildman–Crippen LogP) is 3.28. The second kappa shape index (κ2) is 7.31. The zero-order valence-corrected chi connectivity index (χ0v) is 18.0. The van der Waals surface area contributed by atoms with Crippen LogP contribution in [0.5, 0.6) is 5.75 Å². The van der Waals surface area contributed by atoms with E-state index >= 15 is 0 Å². The number of rotatable bonds is 7. The van der Waals surface area contributed by atoms with Crippen molar-refractivity contribution in [1.29, 1.82) is 0 Å². The Morgan fingerprint density at radius 1 is 1.22 bits per heavy atom. The first-order valence-corrected chi connectivity index (χ1v) is 11.3. The van der Waals surface area contributed by atoms with Gasteiger partial charge in [0.05, 0.1) is 18.9 Å². The Labute approximate surface area is 185 Å². The van der Waals surface area contributed by atoms with Crippen LogP contribution in [0.1, 0.15) is 43.1 Å². The Kier molecular flexibility index (Phi) is 4.62. The summed E-state index contributed by atoms with van der Waals surface area (Å²) in [5, 5.41) is 0. The Morgan fingerprint density at radius 2 is 1.97 bits per heavy atom. The minimum Gasteiger partial charge on any atom is -0.431 e. The highest BCUT2D eigenvalue weighted by molar-refractivity contribution is 5.64. The molecule has 170 valence electrons. The van der Waals surface area contributed by atoms with Gasteiger partial charge in [-0.2, -0.15) is 8.78 Å². The molecule has 0 aromatic carbocycles. The summed E-state index contributed by atoms with van der Waals surface area (Å²) in [7, 11) is 0. The van der Waals surface area contributed by atoms with Crippen molar-refractivity contribution in [3.05, 3.63) is 29.8 Å². The van der Waals surface area contributed by atoms with Gasteiger partial charge in [0.15, 0.2) is 11.6 Å². The van der Waals surface area contributed by atoms with E-state index in [9.17, 15) is 8.78 Å². The molecular weight excluding hydrogens is 416 g/mol. The number of fused-ring (bicyclic) bond motifs is 1. The summed E-state index contributed by atoms with van der Waals surface area (Å²) >= 11 is 0. The lowest BCUT2D eigenvalue weighted by Crippen LogP contribution is -2.48. The topological polar surface area (TPSA) is 86.4 Å². The number of piperidine rings is 1. The lowest BCUT2D eigenvalue weighted by Gasteiger charge is -2.41. The number of likely N-dealkylation sites (tertiary alicyclic amines) is 1. The quantitative estimate of drug-likeness (QED) is 0.703. The highest BCUT2D eigenvalue weighted by Crippen LogP contribution is 2.58. The van der Waals surface area contributed by atoms with Gasteiger partial charge in [-0.05, 0) is 36.8 Å². The molecule has 2 aromatic rings. The molecule has 2 saturated carbocycles. The average Bonchev–Trinajstić information content (AvgIpc) is 3.65. The van der Waals surface area contributed by atoms with Gasteiger partial charge in [-0.1, -0.05) is 6.92 Å². The number of halogens is 2. The maximum atomic E-state index is 12.7. The average molecular weight is 443 g/mol. The molecule has 0 bridgehead atoms. The summed E-state index contributed by atoms with van der Waals surface area (Å²) in [6.45, 7) is 4.34. The highest BCUT2D eigenvalue weighted by Gasteiger charge is 2.58. The van der Waals surface area contributed by atoms with E-state index in [0.717, 1.165) is 57.2 Å². The summed E-state index contributed by atoms with van der Waals surface area (Å²) in [6, 6.07) is 3.49. The molecule has 4 heterocycles. The van der Waals surface area contributed by atoms with E-state index < -0.39 is 6.61 Å². The van der Waals surface area contributed by atoms with E-state index in [1.807, 2.05) is 6.07 Å². The number of ether oxygens (including phenoxy) is 2. The van der Waals surface area contributed by atoms with E-state index in [1.165, 1.54) is 6.07 Å². The Morgan fingerprint density at radius 3 is 2.59 bits per heavy atom. The van der Waals surface area contributed by atoms with Crippen LogP contribution in [0, 0.1) is 17.3 Å². The van der Waals surface area contributed by atoms with Gasteiger partial charge >= 0.3 is 6.61 Å². The van der Waals surface area contributed by atoms with Gasteiger partial charge in [-0.3, -0.25) is 0 Å². The lowest BCUT2D eigenvalue weighted by molar-refractivity contribution is -0.114. The minimum atomic E-state index is -2.96. The molecule has 0 spiro atoms. The van der Waals surface area contributed by atoms with E-state index in [-0.39, 0.29) is 11.6 Å². The summed E-state index contributed by atoms with van der Waals surface area (Å²) in [5.74, 6) is 2.74. The number of nitrogen functional groups attached to an aromatic ring is 1. The molecular formula is C23H27F2N5O2. The monoisotopic (exact) mass is 443 g/mol. The van der Waals surface area contributed by atoms with Crippen molar-refractivity contribution >= 4 is 5.82 Å². The Bertz CT molecular complexity index is 1030. The fraction of sp³-hybridized carbons (Fsp3) is 0.609. The third kappa shape index (κ3) is 3.71. The number of nitrogens with zero attached hydrogens (tertiary/aromatic N) is 4. The molecule has 2 aliphatic carbocycles. The maximum absolute atomic E-state index is 12.7. The zero-order chi connectivity index (χ0) is 22.0. The van der Waals surface area contributed by atoms with Gasteiger partial charge in [0.25, 0.3) is 0 Å². The normalized spacial score (nSPS) is 28.4. The third-order valence-corrected chi connectivity index (χ3v) is 7.22. The van der Waals surface area contributed by atoms with Crippen molar-refractivity contribution in [2.75, 3.05) is 38.6 Å². The van der Waals surface area contributed by atoms with Crippen LogP contribution in [0.3, 0.4) is 0 Å². The summed E-state index contributed by atoms with van der Waals surface area (Å²) in [6.07, 6.45) is 3.75. The van der Waals surface area contributed by atoms with Gasteiger partial charge in [-0.25, -0.2) is 15.0 Å². The fourth-order valence-corrected chi connectivity index (χ4v) is 5.38. The fourth-order valence-electron chi connectivity index (χ4n) is 5.38. The SMILES string of the molecule is CC1(CN2CC3C(C2)C3c2cc(-c3cnc(N)c(OC(F)F)c3)nc(C3CC3)n2)COC1.